The van der Waals surface area contributed by atoms with Gasteiger partial charge >= 0.3 is 0 Å². The standard InChI is InChI=1S/C13H12N4O4S/c1-8(11(18)16-13-14-5-6-22-13)15-12(19)9-3-2-4-10(7-9)17(20)21/h2-8H,1H3,(H,15,19)(H,14,16,18). The topological polar surface area (TPSA) is 114 Å². The number of amides is 2. The maximum atomic E-state index is 12.0. The van der Waals surface area contributed by atoms with Gasteiger partial charge in [-0.3, -0.25) is 19.7 Å². The Morgan fingerprint density at radius 1 is 1.41 bits per heavy atom. The number of carbonyl (C=O) groups excluding carboxylic acids is 2. The summed E-state index contributed by atoms with van der Waals surface area (Å²) in [6.45, 7) is 1.51. The lowest BCUT2D eigenvalue weighted by Gasteiger charge is -2.12. The lowest BCUT2D eigenvalue weighted by molar-refractivity contribution is -0.384. The number of hydrogen-bond acceptors (Lipinski definition) is 6. The van der Waals surface area contributed by atoms with E-state index in [2.05, 4.69) is 15.6 Å². The van der Waals surface area contributed by atoms with Crippen LogP contribution >= 0.6 is 11.3 Å². The molecule has 2 amide bonds. The number of anilines is 1. The van der Waals surface area contributed by atoms with E-state index in [1.807, 2.05) is 0 Å². The monoisotopic (exact) mass is 320 g/mol. The number of thiazole rings is 1. The molecule has 114 valence electrons. The van der Waals surface area contributed by atoms with Crippen molar-refractivity contribution in [1.82, 2.24) is 10.3 Å². The molecular weight excluding hydrogens is 308 g/mol. The van der Waals surface area contributed by atoms with Gasteiger partial charge in [0.1, 0.15) is 6.04 Å². The second-order valence-corrected chi connectivity index (χ2v) is 5.22. The minimum Gasteiger partial charge on any atom is -0.341 e. The maximum absolute atomic E-state index is 12.0. The minimum absolute atomic E-state index is 0.114. The van der Waals surface area contributed by atoms with Crippen molar-refractivity contribution in [2.24, 2.45) is 0 Å². The highest BCUT2D eigenvalue weighted by Crippen LogP contribution is 2.13. The van der Waals surface area contributed by atoms with Crippen molar-refractivity contribution >= 4 is 34.0 Å². The molecule has 0 saturated carbocycles. The van der Waals surface area contributed by atoms with Gasteiger partial charge in [0.25, 0.3) is 11.6 Å². The van der Waals surface area contributed by atoms with E-state index in [1.54, 1.807) is 11.6 Å². The number of hydrogen-bond donors (Lipinski definition) is 2. The van der Waals surface area contributed by atoms with Crippen LogP contribution in [0.2, 0.25) is 0 Å². The number of nitrogens with zero attached hydrogens (tertiary/aromatic N) is 2. The molecule has 2 aromatic rings. The van der Waals surface area contributed by atoms with Gasteiger partial charge in [0.2, 0.25) is 5.91 Å². The first-order valence-electron chi connectivity index (χ1n) is 6.23. The van der Waals surface area contributed by atoms with Crippen LogP contribution in [0.15, 0.2) is 35.8 Å². The molecule has 0 bridgehead atoms. The van der Waals surface area contributed by atoms with Gasteiger partial charge in [-0.05, 0) is 13.0 Å². The summed E-state index contributed by atoms with van der Waals surface area (Å²) in [4.78, 5) is 37.9. The predicted octanol–water partition coefficient (Wildman–Crippen LogP) is 1.81. The van der Waals surface area contributed by atoms with Crippen molar-refractivity contribution in [2.75, 3.05) is 5.32 Å². The zero-order valence-electron chi connectivity index (χ0n) is 11.5. The van der Waals surface area contributed by atoms with Crippen LogP contribution in [0.3, 0.4) is 0 Å². The number of nitro groups is 1. The van der Waals surface area contributed by atoms with Crippen molar-refractivity contribution in [3.63, 3.8) is 0 Å². The summed E-state index contributed by atoms with van der Waals surface area (Å²) in [7, 11) is 0. The van der Waals surface area contributed by atoms with E-state index in [1.165, 1.54) is 36.5 Å². The first-order chi connectivity index (χ1) is 10.5. The molecule has 1 aromatic heterocycles. The van der Waals surface area contributed by atoms with Crippen molar-refractivity contribution in [3.8, 4) is 0 Å². The Kier molecular flexibility index (Phi) is 4.79. The number of rotatable bonds is 5. The largest absolute Gasteiger partial charge is 0.341 e. The maximum Gasteiger partial charge on any atom is 0.270 e. The number of nitrogens with one attached hydrogen (secondary N) is 2. The van der Waals surface area contributed by atoms with Gasteiger partial charge in [0.05, 0.1) is 4.92 Å². The summed E-state index contributed by atoms with van der Waals surface area (Å²) in [5.41, 5.74) is -0.0735. The number of non-ortho nitro benzene ring substituents is 1. The van der Waals surface area contributed by atoms with Crippen LogP contribution < -0.4 is 10.6 Å². The molecular formula is C13H12N4O4S. The number of carbonyl (C=O) groups is 2. The van der Waals surface area contributed by atoms with Gasteiger partial charge in [-0.1, -0.05) is 6.07 Å². The zero-order valence-corrected chi connectivity index (χ0v) is 12.3. The van der Waals surface area contributed by atoms with Crippen LogP contribution in [0.5, 0.6) is 0 Å². The molecule has 1 unspecified atom stereocenters. The van der Waals surface area contributed by atoms with E-state index in [4.69, 9.17) is 0 Å². The van der Waals surface area contributed by atoms with Crippen LogP contribution in [0.1, 0.15) is 17.3 Å². The highest BCUT2D eigenvalue weighted by molar-refractivity contribution is 7.13. The van der Waals surface area contributed by atoms with Gasteiger partial charge in [0.15, 0.2) is 5.13 Å². The average molecular weight is 320 g/mol. The van der Waals surface area contributed by atoms with Crippen molar-refractivity contribution in [3.05, 3.63) is 51.5 Å². The van der Waals surface area contributed by atoms with Crippen LogP contribution in [0, 0.1) is 10.1 Å². The Bertz CT molecular complexity index is 702. The molecule has 0 aliphatic rings. The second-order valence-electron chi connectivity index (χ2n) is 4.33. The summed E-state index contributed by atoms with van der Waals surface area (Å²) < 4.78 is 0. The van der Waals surface area contributed by atoms with Crippen LogP contribution in [-0.2, 0) is 4.79 Å². The average Bonchev–Trinajstić information content (AvgIpc) is 3.00. The van der Waals surface area contributed by atoms with Crippen molar-refractivity contribution in [1.29, 1.82) is 0 Å². The van der Waals surface area contributed by atoms with Crippen LogP contribution in [0.25, 0.3) is 0 Å². The highest BCUT2D eigenvalue weighted by Gasteiger charge is 2.18. The first-order valence-corrected chi connectivity index (χ1v) is 7.11. The predicted molar refractivity (Wildman–Crippen MR) is 80.8 cm³/mol. The normalized spacial score (nSPS) is 11.5. The molecule has 2 rings (SSSR count). The lowest BCUT2D eigenvalue weighted by Crippen LogP contribution is -2.41. The number of nitro benzene ring substituents is 1. The van der Waals surface area contributed by atoms with Crippen LogP contribution in [0.4, 0.5) is 10.8 Å². The fourth-order valence-electron chi connectivity index (χ4n) is 1.61. The Labute approximate surface area is 129 Å². The molecule has 22 heavy (non-hydrogen) atoms. The van der Waals surface area contributed by atoms with Gasteiger partial charge in [-0.2, -0.15) is 0 Å². The molecule has 9 heteroatoms. The summed E-state index contributed by atoms with van der Waals surface area (Å²) >= 11 is 1.26. The molecule has 1 heterocycles. The van der Waals surface area contributed by atoms with Gasteiger partial charge in [-0.15, -0.1) is 11.3 Å². The molecule has 0 spiro atoms. The van der Waals surface area contributed by atoms with E-state index in [9.17, 15) is 19.7 Å². The SMILES string of the molecule is CC(NC(=O)c1cccc([N+](=O)[O-])c1)C(=O)Nc1nccs1. The molecule has 0 aliphatic carbocycles. The van der Waals surface area contributed by atoms with E-state index in [0.717, 1.165) is 6.07 Å². The molecule has 1 aromatic carbocycles. The molecule has 0 saturated heterocycles. The molecule has 8 nitrogen and oxygen atoms in total. The fraction of sp³-hybridized carbons (Fsp3) is 0.154. The molecule has 0 aliphatic heterocycles. The summed E-state index contributed by atoms with van der Waals surface area (Å²) in [6, 6.07) is 4.48. The molecule has 2 N–H and O–H groups in total. The summed E-state index contributed by atoms with van der Waals surface area (Å²) in [6.07, 6.45) is 1.55. The Hall–Kier alpha value is -2.81. The summed E-state index contributed by atoms with van der Waals surface area (Å²) in [5.74, 6) is -0.987. The van der Waals surface area contributed by atoms with E-state index in [-0.39, 0.29) is 11.3 Å². The number of benzene rings is 1. The third-order valence-corrected chi connectivity index (χ3v) is 3.41. The second kappa shape index (κ2) is 6.76. The quantitative estimate of drug-likeness (QED) is 0.644. The van der Waals surface area contributed by atoms with Gasteiger partial charge < -0.3 is 10.6 Å². The highest BCUT2D eigenvalue weighted by atomic mass is 32.1. The van der Waals surface area contributed by atoms with Gasteiger partial charge in [-0.25, -0.2) is 4.98 Å². The van der Waals surface area contributed by atoms with Gasteiger partial charge in [0, 0.05) is 29.3 Å². The minimum atomic E-state index is -0.810. The van der Waals surface area contributed by atoms with E-state index >= 15 is 0 Å². The third kappa shape index (κ3) is 3.85. The Balaban J connectivity index is 2.00. The van der Waals surface area contributed by atoms with Crippen molar-refractivity contribution < 1.29 is 14.5 Å². The zero-order chi connectivity index (χ0) is 16.1. The lowest BCUT2D eigenvalue weighted by atomic mass is 10.1. The Morgan fingerprint density at radius 3 is 2.82 bits per heavy atom. The molecule has 0 fully saturated rings. The molecule has 1 atom stereocenters. The van der Waals surface area contributed by atoms with Crippen LogP contribution in [-0.4, -0.2) is 27.8 Å². The summed E-state index contributed by atoms with van der Waals surface area (Å²) in [5, 5.41) is 17.9. The molecule has 0 radical (unpaired) electrons. The van der Waals surface area contributed by atoms with E-state index < -0.39 is 22.8 Å². The first kappa shape index (κ1) is 15.6. The van der Waals surface area contributed by atoms with E-state index in [0.29, 0.717) is 5.13 Å². The van der Waals surface area contributed by atoms with Crippen molar-refractivity contribution in [2.45, 2.75) is 13.0 Å². The third-order valence-electron chi connectivity index (χ3n) is 2.72. The number of aromatic nitrogens is 1. The Morgan fingerprint density at radius 2 is 2.18 bits per heavy atom. The smallest absolute Gasteiger partial charge is 0.270 e. The fourth-order valence-corrected chi connectivity index (χ4v) is 2.14.